The van der Waals surface area contributed by atoms with E-state index in [0.717, 1.165) is 25.9 Å². The van der Waals surface area contributed by atoms with Crippen molar-refractivity contribution in [1.29, 1.82) is 0 Å². The van der Waals surface area contributed by atoms with E-state index in [4.69, 9.17) is 0 Å². The normalized spacial score (nSPS) is 10.3. The Labute approximate surface area is 110 Å². The maximum Gasteiger partial charge on any atom is 0.305 e. The Morgan fingerprint density at radius 2 is 1.72 bits per heavy atom. The minimum Gasteiger partial charge on any atom is -0.469 e. The molecule has 0 unspecified atom stereocenters. The van der Waals surface area contributed by atoms with Crippen LogP contribution in [0.2, 0.25) is 0 Å². The van der Waals surface area contributed by atoms with Crippen LogP contribution in [0.5, 0.6) is 0 Å². The van der Waals surface area contributed by atoms with Gasteiger partial charge in [-0.3, -0.25) is 4.79 Å². The Bertz CT molecular complexity index is 346. The first-order valence-electron chi connectivity index (χ1n) is 6.61. The molecule has 1 N–H and O–H groups in total. The highest BCUT2D eigenvalue weighted by molar-refractivity contribution is 5.69. The first-order valence-corrected chi connectivity index (χ1v) is 6.61. The second-order valence-electron chi connectivity index (χ2n) is 4.39. The molecule has 0 radical (unpaired) electrons. The summed E-state index contributed by atoms with van der Waals surface area (Å²) in [7, 11) is 1.43. The number of hydrogen-bond donors (Lipinski definition) is 1. The molecule has 0 amide bonds. The van der Waals surface area contributed by atoms with Gasteiger partial charge in [-0.1, -0.05) is 31.2 Å². The molecule has 0 saturated carbocycles. The van der Waals surface area contributed by atoms with E-state index < -0.39 is 0 Å². The van der Waals surface area contributed by atoms with E-state index in [9.17, 15) is 4.79 Å². The van der Waals surface area contributed by atoms with Crippen LogP contribution < -0.4 is 5.32 Å². The van der Waals surface area contributed by atoms with Gasteiger partial charge >= 0.3 is 5.97 Å². The van der Waals surface area contributed by atoms with Gasteiger partial charge in [0.2, 0.25) is 0 Å². The molecule has 0 aliphatic rings. The lowest BCUT2D eigenvalue weighted by Crippen LogP contribution is -2.17. The number of rotatable bonds is 8. The molecule has 3 nitrogen and oxygen atoms in total. The van der Waals surface area contributed by atoms with Crippen molar-refractivity contribution in [1.82, 2.24) is 5.32 Å². The van der Waals surface area contributed by atoms with Crippen LogP contribution >= 0.6 is 0 Å². The zero-order valence-corrected chi connectivity index (χ0v) is 11.4. The molecule has 0 saturated heterocycles. The van der Waals surface area contributed by atoms with Crippen molar-refractivity contribution in [2.75, 3.05) is 20.2 Å². The van der Waals surface area contributed by atoms with Crippen LogP contribution in [0, 0.1) is 0 Å². The molecule has 100 valence electrons. The Morgan fingerprint density at radius 1 is 1.11 bits per heavy atom. The van der Waals surface area contributed by atoms with Gasteiger partial charge in [-0.2, -0.15) is 0 Å². The smallest absolute Gasteiger partial charge is 0.305 e. The fourth-order valence-electron chi connectivity index (χ4n) is 1.76. The Hall–Kier alpha value is -1.35. The van der Waals surface area contributed by atoms with Crippen LogP contribution in [-0.4, -0.2) is 26.2 Å². The number of carbonyl (C=O) groups excluding carboxylic acids is 1. The molecule has 0 fully saturated rings. The number of methoxy groups -OCH3 is 1. The summed E-state index contributed by atoms with van der Waals surface area (Å²) in [5.41, 5.74) is 2.52. The fraction of sp³-hybridized carbons (Fsp3) is 0.533. The van der Waals surface area contributed by atoms with Gasteiger partial charge in [-0.25, -0.2) is 0 Å². The van der Waals surface area contributed by atoms with E-state index in [-0.39, 0.29) is 5.97 Å². The monoisotopic (exact) mass is 249 g/mol. The van der Waals surface area contributed by atoms with Gasteiger partial charge in [0.25, 0.3) is 0 Å². The molecular weight excluding hydrogens is 226 g/mol. The van der Waals surface area contributed by atoms with Gasteiger partial charge in [-0.05, 0) is 43.5 Å². The van der Waals surface area contributed by atoms with Crippen LogP contribution in [0.15, 0.2) is 24.3 Å². The molecule has 1 rings (SSSR count). The summed E-state index contributed by atoms with van der Waals surface area (Å²) >= 11 is 0. The number of nitrogens with one attached hydrogen (secondary N) is 1. The van der Waals surface area contributed by atoms with Crippen molar-refractivity contribution < 1.29 is 9.53 Å². The van der Waals surface area contributed by atoms with Crippen LogP contribution in [0.4, 0.5) is 0 Å². The van der Waals surface area contributed by atoms with Gasteiger partial charge in [0.05, 0.1) is 7.11 Å². The summed E-state index contributed by atoms with van der Waals surface area (Å²) in [6.45, 7) is 4.27. The third-order valence-corrected chi connectivity index (χ3v) is 2.89. The molecule has 1 aromatic carbocycles. The zero-order chi connectivity index (χ0) is 13.2. The molecule has 0 aliphatic heterocycles. The minimum absolute atomic E-state index is 0.150. The van der Waals surface area contributed by atoms with E-state index in [2.05, 4.69) is 41.2 Å². The maximum absolute atomic E-state index is 11.0. The molecule has 18 heavy (non-hydrogen) atoms. The van der Waals surface area contributed by atoms with Gasteiger partial charge in [0.1, 0.15) is 0 Å². The van der Waals surface area contributed by atoms with Gasteiger partial charge in [0.15, 0.2) is 0 Å². The van der Waals surface area contributed by atoms with Gasteiger partial charge in [-0.15, -0.1) is 0 Å². The van der Waals surface area contributed by atoms with Crippen molar-refractivity contribution in [2.45, 2.75) is 32.6 Å². The maximum atomic E-state index is 11.0. The van der Waals surface area contributed by atoms with Crippen LogP contribution in [-0.2, 0) is 22.4 Å². The van der Waals surface area contributed by atoms with Crippen LogP contribution in [0.3, 0.4) is 0 Å². The average molecular weight is 249 g/mol. The third kappa shape index (κ3) is 5.82. The van der Waals surface area contributed by atoms with Crippen molar-refractivity contribution in [3.05, 3.63) is 35.4 Å². The summed E-state index contributed by atoms with van der Waals surface area (Å²) in [6.07, 6.45) is 3.43. The molecule has 0 spiro atoms. The molecule has 1 aromatic rings. The topological polar surface area (TPSA) is 38.3 Å². The third-order valence-electron chi connectivity index (χ3n) is 2.89. The predicted octanol–water partition coefficient (Wildman–Crippen LogP) is 2.33. The lowest BCUT2D eigenvalue weighted by Gasteiger charge is -2.05. The van der Waals surface area contributed by atoms with Crippen molar-refractivity contribution in [3.63, 3.8) is 0 Å². The summed E-state index contributed by atoms with van der Waals surface area (Å²) in [4.78, 5) is 11.0. The van der Waals surface area contributed by atoms with E-state index in [1.54, 1.807) is 0 Å². The lowest BCUT2D eigenvalue weighted by molar-refractivity contribution is -0.140. The van der Waals surface area contributed by atoms with Crippen molar-refractivity contribution >= 4 is 5.97 Å². The second kappa shape index (κ2) is 8.70. The number of hydrogen-bond acceptors (Lipinski definition) is 3. The van der Waals surface area contributed by atoms with E-state index in [1.165, 1.54) is 24.7 Å². The molecule has 3 heteroatoms. The fourth-order valence-corrected chi connectivity index (χ4v) is 1.76. The zero-order valence-electron chi connectivity index (χ0n) is 11.4. The molecule has 0 atom stereocenters. The number of benzene rings is 1. The molecular formula is C15H23NO2. The number of esters is 1. The number of carbonyl (C=O) groups is 1. The Balaban J connectivity index is 2.31. The average Bonchev–Trinajstić information content (AvgIpc) is 2.42. The van der Waals surface area contributed by atoms with E-state index in [1.807, 2.05) is 0 Å². The summed E-state index contributed by atoms with van der Waals surface area (Å²) in [5.74, 6) is -0.150. The summed E-state index contributed by atoms with van der Waals surface area (Å²) in [6, 6.07) is 8.47. The minimum atomic E-state index is -0.150. The largest absolute Gasteiger partial charge is 0.469 e. The van der Waals surface area contributed by atoms with Gasteiger partial charge < -0.3 is 10.1 Å². The standard InChI is InChI=1S/C15H23NO2/c1-3-11-16-12-10-14-6-4-13(5-7-14)8-9-15(17)18-2/h4-7,16H,3,8-12H2,1-2H3. The second-order valence-corrected chi connectivity index (χ2v) is 4.39. The van der Waals surface area contributed by atoms with Gasteiger partial charge in [0, 0.05) is 6.42 Å². The molecule has 0 heterocycles. The molecule has 0 aliphatic carbocycles. The Morgan fingerprint density at radius 3 is 2.28 bits per heavy atom. The predicted molar refractivity (Wildman–Crippen MR) is 73.6 cm³/mol. The first kappa shape index (κ1) is 14.7. The number of ether oxygens (including phenoxy) is 1. The molecule has 0 aromatic heterocycles. The SMILES string of the molecule is CCCNCCc1ccc(CCC(=O)OC)cc1. The highest BCUT2D eigenvalue weighted by Gasteiger charge is 2.01. The lowest BCUT2D eigenvalue weighted by atomic mass is 10.1. The van der Waals surface area contributed by atoms with E-state index in [0.29, 0.717) is 6.42 Å². The quantitative estimate of drug-likeness (QED) is 0.567. The summed E-state index contributed by atoms with van der Waals surface area (Å²) < 4.78 is 4.62. The molecule has 0 bridgehead atoms. The number of aryl methyl sites for hydroxylation is 1. The summed E-state index contributed by atoms with van der Waals surface area (Å²) in [5, 5.41) is 3.38. The van der Waals surface area contributed by atoms with E-state index >= 15 is 0 Å². The Kier molecular flexibility index (Phi) is 7.11. The first-order chi connectivity index (χ1) is 8.76. The highest BCUT2D eigenvalue weighted by atomic mass is 16.5. The highest BCUT2D eigenvalue weighted by Crippen LogP contribution is 2.07. The van der Waals surface area contributed by atoms with Crippen molar-refractivity contribution in [2.24, 2.45) is 0 Å². The van der Waals surface area contributed by atoms with Crippen LogP contribution in [0.25, 0.3) is 0 Å². The van der Waals surface area contributed by atoms with Crippen LogP contribution in [0.1, 0.15) is 30.9 Å². The van der Waals surface area contributed by atoms with Crippen molar-refractivity contribution in [3.8, 4) is 0 Å².